The van der Waals surface area contributed by atoms with Gasteiger partial charge in [0.25, 0.3) is 0 Å². The van der Waals surface area contributed by atoms with Gasteiger partial charge in [-0.25, -0.2) is 0 Å². The van der Waals surface area contributed by atoms with Crippen LogP contribution in [0.1, 0.15) is 150 Å². The first-order valence-corrected chi connectivity index (χ1v) is 14.1. The molecular weight excluding hydrogens is 536 g/mol. The first kappa shape index (κ1) is 43.9. The van der Waals surface area contributed by atoms with Crippen LogP contribution < -0.4 is 43.8 Å². The van der Waals surface area contributed by atoms with Gasteiger partial charge in [0.1, 0.15) is 0 Å². The van der Waals surface area contributed by atoms with Crippen molar-refractivity contribution in [3.8, 4) is 0 Å². The zero-order valence-electron chi connectivity index (χ0n) is 23.3. The van der Waals surface area contributed by atoms with Crippen molar-refractivity contribution in [1.29, 1.82) is 0 Å². The van der Waals surface area contributed by atoms with Gasteiger partial charge in [-0.3, -0.25) is 0 Å². The molecule has 0 aliphatic carbocycles. The van der Waals surface area contributed by atoms with E-state index in [4.69, 9.17) is 0 Å². The third-order valence-electron chi connectivity index (χ3n) is 6.06. The molecule has 0 amide bonds. The lowest BCUT2D eigenvalue weighted by molar-refractivity contribution is -0.858. The van der Waals surface area contributed by atoms with E-state index < -0.39 is 0 Å². The molecule has 0 saturated carbocycles. The molecule has 2 N–H and O–H groups in total. The molecule has 0 aliphatic rings. The molecule has 0 aliphatic heterocycles. The van der Waals surface area contributed by atoms with Crippen LogP contribution in [0.4, 0.5) is 0 Å². The second kappa shape index (κ2) is 40.1. The lowest BCUT2D eigenvalue weighted by atomic mass is 10.1. The minimum absolute atomic E-state index is 0. The Bertz CT molecular complexity index is 259. The highest BCUT2D eigenvalue weighted by Crippen LogP contribution is 2.10. The van der Waals surface area contributed by atoms with E-state index in [9.17, 15) is 0 Å². The molecule has 33 heavy (non-hydrogen) atoms. The van der Waals surface area contributed by atoms with Crippen molar-refractivity contribution in [1.82, 2.24) is 0 Å². The Kier molecular flexibility index (Phi) is 53.3. The van der Waals surface area contributed by atoms with E-state index in [-0.39, 0.29) is 41.4 Å². The Hall–Kier alpha value is 0.880. The van der Waals surface area contributed by atoms with Crippen molar-refractivity contribution in [2.24, 2.45) is 0 Å². The summed E-state index contributed by atoms with van der Waals surface area (Å²) in [6.45, 7) is 7.26. The van der Waals surface area contributed by atoms with Crippen LogP contribution in [0.25, 0.3) is 0 Å². The summed E-state index contributed by atoms with van der Waals surface area (Å²) in [6, 6.07) is 0. The molecule has 0 aromatic carbocycles. The first-order chi connectivity index (χ1) is 14.5. The summed E-state index contributed by atoms with van der Waals surface area (Å²) in [5, 5.41) is 0. The Morgan fingerprint density at radius 2 is 0.515 bits per heavy atom. The molecule has 0 heterocycles. The van der Waals surface area contributed by atoms with Crippen LogP contribution in [0.5, 0.6) is 0 Å². The lowest BCUT2D eigenvalue weighted by Gasteiger charge is -2.06. The number of halogens is 2. The van der Waals surface area contributed by atoms with Gasteiger partial charge >= 0.3 is 0 Å². The van der Waals surface area contributed by atoms with Crippen LogP contribution in [-0.2, 0) is 0 Å². The minimum atomic E-state index is 0. The summed E-state index contributed by atoms with van der Waals surface area (Å²) >= 11 is 0. The highest BCUT2D eigenvalue weighted by atomic mass is 79.9. The first-order valence-electron chi connectivity index (χ1n) is 14.1. The van der Waals surface area contributed by atoms with Gasteiger partial charge in [0, 0.05) is 0 Å². The molecule has 0 saturated heterocycles. The van der Waals surface area contributed by atoms with Gasteiger partial charge in [-0.15, -0.1) is 0 Å². The van der Waals surface area contributed by atoms with Crippen molar-refractivity contribution < 1.29 is 43.8 Å². The highest BCUT2D eigenvalue weighted by Gasteiger charge is 1.96. The molecule has 0 radical (unpaired) electrons. The maximum Gasteiger partial charge on any atom is 0.0766 e. The molecule has 0 bridgehead atoms. The van der Waals surface area contributed by atoms with Crippen molar-refractivity contribution >= 4 is 0 Å². The third-order valence-corrected chi connectivity index (χ3v) is 6.06. The SMILES string of the molecule is C.CCCCCCCCCCCC[NH+](C)C.CCCCCCCCCCCC[NH+](C)C.[Br-].[Br-]. The average molecular weight is 605 g/mol. The largest absolute Gasteiger partial charge is 1.00 e. The van der Waals surface area contributed by atoms with E-state index in [0.717, 1.165) is 0 Å². The van der Waals surface area contributed by atoms with Crippen molar-refractivity contribution in [3.63, 3.8) is 0 Å². The Balaban J connectivity index is -0.000000145. The molecule has 0 spiro atoms. The van der Waals surface area contributed by atoms with Crippen LogP contribution in [0.2, 0.25) is 0 Å². The van der Waals surface area contributed by atoms with E-state index in [2.05, 4.69) is 42.0 Å². The predicted octanol–water partition coefficient (Wildman–Crippen LogP) is 0.748. The smallest absolute Gasteiger partial charge is 0.0766 e. The van der Waals surface area contributed by atoms with Crippen LogP contribution in [0.15, 0.2) is 0 Å². The molecule has 0 fully saturated rings. The van der Waals surface area contributed by atoms with Crippen LogP contribution in [0, 0.1) is 0 Å². The average Bonchev–Trinajstić information content (AvgIpc) is 2.71. The number of hydrogen-bond donors (Lipinski definition) is 2. The van der Waals surface area contributed by atoms with Crippen molar-refractivity contribution in [3.05, 3.63) is 0 Å². The Morgan fingerprint density at radius 1 is 0.333 bits per heavy atom. The van der Waals surface area contributed by atoms with E-state index >= 15 is 0 Å². The molecule has 2 nitrogen and oxygen atoms in total. The normalized spacial score (nSPS) is 10.2. The van der Waals surface area contributed by atoms with Crippen LogP contribution in [-0.4, -0.2) is 41.3 Å². The molecule has 0 aromatic rings. The van der Waals surface area contributed by atoms with Gasteiger partial charge in [-0.05, 0) is 25.7 Å². The zero-order valence-corrected chi connectivity index (χ0v) is 26.5. The standard InChI is InChI=1S/2C14H31N.CH4.2BrH/c2*1-4-5-6-7-8-9-10-11-12-13-14-15(2)3;;;/h2*4-14H2,1-3H3;1H4;2*1H. The number of rotatable bonds is 22. The van der Waals surface area contributed by atoms with Crippen molar-refractivity contribution in [2.45, 2.75) is 150 Å². The zero-order chi connectivity index (χ0) is 22.7. The van der Waals surface area contributed by atoms with Crippen LogP contribution in [0.3, 0.4) is 0 Å². The summed E-state index contributed by atoms with van der Waals surface area (Å²) in [5.74, 6) is 0. The number of nitrogens with one attached hydrogen (secondary N) is 2. The number of hydrogen-bond acceptors (Lipinski definition) is 0. The fourth-order valence-corrected chi connectivity index (χ4v) is 3.93. The summed E-state index contributed by atoms with van der Waals surface area (Å²) in [7, 11) is 8.98. The quantitative estimate of drug-likeness (QED) is 0.169. The summed E-state index contributed by atoms with van der Waals surface area (Å²) in [4.78, 5) is 3.18. The highest BCUT2D eigenvalue weighted by molar-refractivity contribution is 4.47. The molecule has 0 aromatic heterocycles. The predicted molar refractivity (Wildman–Crippen MR) is 146 cm³/mol. The fraction of sp³-hybridized carbons (Fsp3) is 1.00. The summed E-state index contributed by atoms with van der Waals surface area (Å²) < 4.78 is 0. The van der Waals surface area contributed by atoms with E-state index in [1.165, 1.54) is 142 Å². The lowest BCUT2D eigenvalue weighted by Crippen LogP contribution is -3.05. The van der Waals surface area contributed by atoms with Gasteiger partial charge < -0.3 is 43.8 Å². The summed E-state index contributed by atoms with van der Waals surface area (Å²) in [5.41, 5.74) is 0. The molecule has 4 heteroatoms. The maximum absolute atomic E-state index is 2.28. The van der Waals surface area contributed by atoms with Gasteiger partial charge in [-0.1, -0.05) is 124 Å². The second-order valence-corrected chi connectivity index (χ2v) is 10.3. The maximum atomic E-state index is 2.28. The monoisotopic (exact) mass is 602 g/mol. The molecule has 0 rings (SSSR count). The molecular formula is C29H68Br2N2. The molecule has 0 unspecified atom stereocenters. The van der Waals surface area contributed by atoms with Crippen molar-refractivity contribution in [2.75, 3.05) is 41.3 Å². The molecule has 208 valence electrons. The van der Waals surface area contributed by atoms with Gasteiger partial charge in [0.05, 0.1) is 41.3 Å². The molecule has 0 atom stereocenters. The Labute approximate surface area is 234 Å². The van der Waals surface area contributed by atoms with E-state index in [1.54, 1.807) is 9.80 Å². The Morgan fingerprint density at radius 3 is 0.697 bits per heavy atom. The van der Waals surface area contributed by atoms with Crippen LogP contribution >= 0.6 is 0 Å². The minimum Gasteiger partial charge on any atom is -1.00 e. The third kappa shape index (κ3) is 50.7. The summed E-state index contributed by atoms with van der Waals surface area (Å²) in [6.07, 6.45) is 28.9. The number of unbranched alkanes of at least 4 members (excludes halogenated alkanes) is 18. The van der Waals surface area contributed by atoms with Gasteiger partial charge in [0.2, 0.25) is 0 Å². The number of quaternary nitrogens is 2. The van der Waals surface area contributed by atoms with E-state index in [1.807, 2.05) is 0 Å². The van der Waals surface area contributed by atoms with Gasteiger partial charge in [0.15, 0.2) is 0 Å². The van der Waals surface area contributed by atoms with E-state index in [0.29, 0.717) is 0 Å². The fourth-order valence-electron chi connectivity index (χ4n) is 3.93. The second-order valence-electron chi connectivity index (χ2n) is 10.3. The topological polar surface area (TPSA) is 8.88 Å². The van der Waals surface area contributed by atoms with Gasteiger partial charge in [-0.2, -0.15) is 0 Å².